The second kappa shape index (κ2) is 6.02. The average molecular weight is 197 g/mol. The molecule has 0 bridgehead atoms. The fourth-order valence-electron chi connectivity index (χ4n) is 0.985. The van der Waals surface area contributed by atoms with Gasteiger partial charge in [-0.1, -0.05) is 18.2 Å². The molecule has 3 heteroatoms. The van der Waals surface area contributed by atoms with Gasteiger partial charge in [0.25, 0.3) is 0 Å². The van der Waals surface area contributed by atoms with Gasteiger partial charge in [0.05, 0.1) is 6.10 Å². The predicted molar refractivity (Wildman–Crippen MR) is 56.8 cm³/mol. The van der Waals surface area contributed by atoms with E-state index < -0.39 is 0 Å². The van der Waals surface area contributed by atoms with E-state index in [4.69, 9.17) is 5.73 Å². The lowest BCUT2D eigenvalue weighted by molar-refractivity contribution is 0.192. The Kier molecular flexibility index (Phi) is 4.90. The predicted octanol–water partition coefficient (Wildman–Crippen LogP) is 1.49. The van der Waals surface area contributed by atoms with E-state index in [1.54, 1.807) is 11.8 Å². The smallest absolute Gasteiger partial charge is 0.0646 e. The van der Waals surface area contributed by atoms with E-state index in [0.29, 0.717) is 13.0 Å². The summed E-state index contributed by atoms with van der Waals surface area (Å²) in [6, 6.07) is 10.1. The number of nitrogens with two attached hydrogens (primary N) is 1. The van der Waals surface area contributed by atoms with E-state index in [9.17, 15) is 5.11 Å². The van der Waals surface area contributed by atoms with Crippen LogP contribution < -0.4 is 5.73 Å². The molecule has 1 unspecified atom stereocenters. The maximum absolute atomic E-state index is 9.41. The van der Waals surface area contributed by atoms with Crippen LogP contribution in [0.15, 0.2) is 35.2 Å². The van der Waals surface area contributed by atoms with Crippen molar-refractivity contribution in [2.24, 2.45) is 5.73 Å². The highest BCUT2D eigenvalue weighted by Gasteiger charge is 2.02. The number of aliphatic hydroxyl groups excluding tert-OH is 1. The van der Waals surface area contributed by atoms with E-state index in [2.05, 4.69) is 0 Å². The van der Waals surface area contributed by atoms with Crippen LogP contribution in [0.5, 0.6) is 0 Å². The van der Waals surface area contributed by atoms with Gasteiger partial charge in [0.2, 0.25) is 0 Å². The van der Waals surface area contributed by atoms with Crippen molar-refractivity contribution < 1.29 is 5.11 Å². The number of benzene rings is 1. The SMILES string of the molecule is NCCC(O)CSc1ccccc1. The van der Waals surface area contributed by atoms with Gasteiger partial charge in [0, 0.05) is 10.6 Å². The minimum absolute atomic E-state index is 0.282. The van der Waals surface area contributed by atoms with E-state index in [0.717, 1.165) is 5.75 Å². The summed E-state index contributed by atoms with van der Waals surface area (Å²) in [5.41, 5.74) is 5.33. The van der Waals surface area contributed by atoms with Crippen molar-refractivity contribution in [1.82, 2.24) is 0 Å². The van der Waals surface area contributed by atoms with Crippen LogP contribution in [0.25, 0.3) is 0 Å². The fourth-order valence-corrected chi connectivity index (χ4v) is 1.89. The Labute approximate surface area is 83.1 Å². The fraction of sp³-hybridized carbons (Fsp3) is 0.400. The van der Waals surface area contributed by atoms with Crippen molar-refractivity contribution >= 4 is 11.8 Å². The number of hydrogen-bond acceptors (Lipinski definition) is 3. The molecule has 1 rings (SSSR count). The van der Waals surface area contributed by atoms with E-state index >= 15 is 0 Å². The Morgan fingerprint density at radius 1 is 1.31 bits per heavy atom. The first-order valence-electron chi connectivity index (χ1n) is 4.39. The summed E-state index contributed by atoms with van der Waals surface area (Å²) in [5, 5.41) is 9.41. The number of thioether (sulfide) groups is 1. The molecule has 0 aromatic heterocycles. The monoisotopic (exact) mass is 197 g/mol. The lowest BCUT2D eigenvalue weighted by atomic mass is 10.3. The van der Waals surface area contributed by atoms with Gasteiger partial charge in [-0.3, -0.25) is 0 Å². The summed E-state index contributed by atoms with van der Waals surface area (Å²) in [5.74, 6) is 0.723. The van der Waals surface area contributed by atoms with Gasteiger partial charge in [0.1, 0.15) is 0 Å². The molecule has 0 spiro atoms. The van der Waals surface area contributed by atoms with E-state index in [1.165, 1.54) is 4.90 Å². The largest absolute Gasteiger partial charge is 0.392 e. The Bertz CT molecular complexity index is 228. The maximum Gasteiger partial charge on any atom is 0.0646 e. The molecule has 1 aromatic rings. The van der Waals surface area contributed by atoms with Gasteiger partial charge in [-0.15, -0.1) is 11.8 Å². The van der Waals surface area contributed by atoms with Crippen LogP contribution in [-0.2, 0) is 0 Å². The van der Waals surface area contributed by atoms with Crippen molar-refractivity contribution in [3.63, 3.8) is 0 Å². The van der Waals surface area contributed by atoms with Crippen molar-refractivity contribution in [3.05, 3.63) is 30.3 Å². The molecule has 0 radical (unpaired) electrons. The number of hydrogen-bond donors (Lipinski definition) is 2. The minimum atomic E-state index is -0.282. The molecule has 1 aromatic carbocycles. The first-order chi connectivity index (χ1) is 6.33. The third kappa shape index (κ3) is 4.31. The lowest BCUT2D eigenvalue weighted by Crippen LogP contribution is -2.15. The molecule has 0 saturated carbocycles. The third-order valence-electron chi connectivity index (χ3n) is 1.69. The number of aliphatic hydroxyl groups is 1. The topological polar surface area (TPSA) is 46.2 Å². The molecule has 13 heavy (non-hydrogen) atoms. The quantitative estimate of drug-likeness (QED) is 0.703. The summed E-state index contributed by atoms with van der Waals surface area (Å²) >= 11 is 1.66. The minimum Gasteiger partial charge on any atom is -0.392 e. The summed E-state index contributed by atoms with van der Waals surface area (Å²) in [6.45, 7) is 0.552. The molecule has 0 heterocycles. The van der Waals surface area contributed by atoms with Gasteiger partial charge >= 0.3 is 0 Å². The molecule has 72 valence electrons. The van der Waals surface area contributed by atoms with Gasteiger partial charge in [-0.25, -0.2) is 0 Å². The lowest BCUT2D eigenvalue weighted by Gasteiger charge is -2.07. The molecule has 0 fully saturated rings. The Morgan fingerprint density at radius 2 is 2.00 bits per heavy atom. The van der Waals surface area contributed by atoms with Crippen molar-refractivity contribution in [2.45, 2.75) is 17.4 Å². The molecule has 3 N–H and O–H groups in total. The zero-order chi connectivity index (χ0) is 9.52. The average Bonchev–Trinajstić information content (AvgIpc) is 2.17. The van der Waals surface area contributed by atoms with Crippen LogP contribution in [-0.4, -0.2) is 23.5 Å². The molecular formula is C10H15NOS. The standard InChI is InChI=1S/C10H15NOS/c11-7-6-9(12)8-13-10-4-2-1-3-5-10/h1-5,9,12H,6-8,11H2. The third-order valence-corrected chi connectivity index (χ3v) is 2.84. The molecule has 0 aliphatic heterocycles. The first-order valence-corrected chi connectivity index (χ1v) is 5.37. The molecule has 1 atom stereocenters. The van der Waals surface area contributed by atoms with Gasteiger partial charge < -0.3 is 10.8 Å². The van der Waals surface area contributed by atoms with Crippen molar-refractivity contribution in [3.8, 4) is 0 Å². The van der Waals surface area contributed by atoms with Crippen molar-refractivity contribution in [1.29, 1.82) is 0 Å². The van der Waals surface area contributed by atoms with Crippen LogP contribution in [0, 0.1) is 0 Å². The van der Waals surface area contributed by atoms with Gasteiger partial charge in [-0.2, -0.15) is 0 Å². The summed E-state index contributed by atoms with van der Waals surface area (Å²) < 4.78 is 0. The second-order valence-electron chi connectivity index (χ2n) is 2.86. The highest BCUT2D eigenvalue weighted by molar-refractivity contribution is 7.99. The zero-order valence-electron chi connectivity index (χ0n) is 7.52. The van der Waals surface area contributed by atoms with Crippen LogP contribution >= 0.6 is 11.8 Å². The van der Waals surface area contributed by atoms with Crippen LogP contribution in [0.2, 0.25) is 0 Å². The Morgan fingerprint density at radius 3 is 2.62 bits per heavy atom. The molecule has 0 aliphatic rings. The van der Waals surface area contributed by atoms with Crippen LogP contribution in [0.4, 0.5) is 0 Å². The highest BCUT2D eigenvalue weighted by atomic mass is 32.2. The second-order valence-corrected chi connectivity index (χ2v) is 3.95. The molecule has 0 saturated heterocycles. The maximum atomic E-state index is 9.41. The zero-order valence-corrected chi connectivity index (χ0v) is 8.33. The van der Waals surface area contributed by atoms with Crippen molar-refractivity contribution in [2.75, 3.05) is 12.3 Å². The Hall–Kier alpha value is -0.510. The molecule has 2 nitrogen and oxygen atoms in total. The normalized spacial score (nSPS) is 12.8. The summed E-state index contributed by atoms with van der Waals surface area (Å²) in [6.07, 6.45) is 0.398. The summed E-state index contributed by atoms with van der Waals surface area (Å²) in [4.78, 5) is 1.19. The molecule has 0 aliphatic carbocycles. The first kappa shape index (κ1) is 10.6. The molecular weight excluding hydrogens is 182 g/mol. The van der Waals surface area contributed by atoms with E-state index in [1.807, 2.05) is 30.3 Å². The van der Waals surface area contributed by atoms with Crippen LogP contribution in [0.3, 0.4) is 0 Å². The van der Waals surface area contributed by atoms with Crippen LogP contribution in [0.1, 0.15) is 6.42 Å². The van der Waals surface area contributed by atoms with E-state index in [-0.39, 0.29) is 6.10 Å². The number of rotatable bonds is 5. The summed E-state index contributed by atoms with van der Waals surface area (Å²) in [7, 11) is 0. The highest BCUT2D eigenvalue weighted by Crippen LogP contribution is 2.18. The molecule has 0 amide bonds. The Balaban J connectivity index is 2.27. The van der Waals surface area contributed by atoms with Gasteiger partial charge in [-0.05, 0) is 25.1 Å². The van der Waals surface area contributed by atoms with Gasteiger partial charge in [0.15, 0.2) is 0 Å².